The van der Waals surface area contributed by atoms with Crippen molar-refractivity contribution in [2.24, 2.45) is 0 Å². The minimum Gasteiger partial charge on any atom is -0.493 e. The van der Waals surface area contributed by atoms with E-state index in [1.165, 1.54) is 24.1 Å². The highest BCUT2D eigenvalue weighted by Gasteiger charge is 2.21. The minimum atomic E-state index is 0.608. The van der Waals surface area contributed by atoms with Crippen molar-refractivity contribution in [1.82, 2.24) is 10.2 Å². The average Bonchev–Trinajstić information content (AvgIpc) is 3.11. The molecule has 0 spiro atoms. The first kappa shape index (κ1) is 13.9. The van der Waals surface area contributed by atoms with Gasteiger partial charge in [-0.1, -0.05) is 12.1 Å². The Kier molecular flexibility index (Phi) is 4.55. The van der Waals surface area contributed by atoms with Gasteiger partial charge >= 0.3 is 0 Å². The Balaban J connectivity index is 1.46. The second-order valence-corrected chi connectivity index (χ2v) is 5.70. The molecule has 0 amide bonds. The summed E-state index contributed by atoms with van der Waals surface area (Å²) in [5.74, 6) is 1.07. The molecule has 0 radical (unpaired) electrons. The molecule has 1 saturated heterocycles. The van der Waals surface area contributed by atoms with Gasteiger partial charge in [-0.25, -0.2) is 0 Å². The topological polar surface area (TPSA) is 33.7 Å². The third-order valence-corrected chi connectivity index (χ3v) is 4.23. The van der Waals surface area contributed by atoms with E-state index < -0.39 is 0 Å². The summed E-state index contributed by atoms with van der Waals surface area (Å²) in [7, 11) is 1.77. The highest BCUT2D eigenvalue weighted by molar-refractivity contribution is 5.39. The molecule has 0 aliphatic carbocycles. The van der Waals surface area contributed by atoms with E-state index in [0.29, 0.717) is 6.04 Å². The number of ether oxygens (including phenoxy) is 2. The van der Waals surface area contributed by atoms with Gasteiger partial charge in [-0.3, -0.25) is 4.90 Å². The molecule has 3 rings (SSSR count). The predicted molar refractivity (Wildman–Crippen MR) is 79.2 cm³/mol. The van der Waals surface area contributed by atoms with Crippen LogP contribution in [0.3, 0.4) is 0 Å². The molecule has 1 fully saturated rings. The molecule has 1 aromatic carbocycles. The Labute approximate surface area is 121 Å². The normalized spacial score (nSPS) is 21.9. The molecule has 20 heavy (non-hydrogen) atoms. The van der Waals surface area contributed by atoms with Gasteiger partial charge in [0.2, 0.25) is 0 Å². The Bertz CT molecular complexity index is 450. The molecule has 0 unspecified atom stereocenters. The fourth-order valence-corrected chi connectivity index (χ4v) is 3.03. The zero-order chi connectivity index (χ0) is 13.8. The molecule has 110 valence electrons. The number of methoxy groups -OCH3 is 1. The maximum atomic E-state index is 5.54. The lowest BCUT2D eigenvalue weighted by Gasteiger charge is -2.16. The monoisotopic (exact) mass is 276 g/mol. The number of hydrogen-bond donors (Lipinski definition) is 1. The first-order valence-electron chi connectivity index (χ1n) is 7.54. The molecule has 1 atom stereocenters. The summed E-state index contributed by atoms with van der Waals surface area (Å²) in [5.41, 5.74) is 2.72. The minimum absolute atomic E-state index is 0.608. The van der Waals surface area contributed by atoms with E-state index in [1.54, 1.807) is 7.11 Å². The maximum Gasteiger partial charge on any atom is 0.122 e. The quantitative estimate of drug-likeness (QED) is 0.852. The Hall–Kier alpha value is -1.10. The summed E-state index contributed by atoms with van der Waals surface area (Å²) < 4.78 is 10.7. The van der Waals surface area contributed by atoms with Crippen molar-refractivity contribution >= 4 is 0 Å². The van der Waals surface area contributed by atoms with Crippen molar-refractivity contribution in [3.8, 4) is 5.75 Å². The Morgan fingerprint density at radius 2 is 2.40 bits per heavy atom. The van der Waals surface area contributed by atoms with E-state index in [4.69, 9.17) is 9.47 Å². The first-order chi connectivity index (χ1) is 9.85. The fourth-order valence-electron chi connectivity index (χ4n) is 3.03. The van der Waals surface area contributed by atoms with Gasteiger partial charge < -0.3 is 14.8 Å². The molecular weight excluding hydrogens is 252 g/mol. The van der Waals surface area contributed by atoms with Crippen LogP contribution < -0.4 is 10.1 Å². The molecule has 1 N–H and O–H groups in total. The van der Waals surface area contributed by atoms with Crippen molar-refractivity contribution < 1.29 is 9.47 Å². The molecule has 0 bridgehead atoms. The van der Waals surface area contributed by atoms with Crippen molar-refractivity contribution in [2.45, 2.75) is 25.4 Å². The third-order valence-electron chi connectivity index (χ3n) is 4.23. The smallest absolute Gasteiger partial charge is 0.122 e. The van der Waals surface area contributed by atoms with Gasteiger partial charge in [0.25, 0.3) is 0 Å². The molecule has 4 heteroatoms. The van der Waals surface area contributed by atoms with Crippen LogP contribution in [0.4, 0.5) is 0 Å². The van der Waals surface area contributed by atoms with Gasteiger partial charge in [-0.05, 0) is 30.2 Å². The SMILES string of the molecule is COCCN1CC[C@H](NCc2ccc3c(c2)CCO3)C1. The highest BCUT2D eigenvalue weighted by Crippen LogP contribution is 2.25. The molecule has 0 aromatic heterocycles. The number of hydrogen-bond acceptors (Lipinski definition) is 4. The van der Waals surface area contributed by atoms with Crippen molar-refractivity contribution in [2.75, 3.05) is 40.0 Å². The van der Waals surface area contributed by atoms with Gasteiger partial charge in [-0.15, -0.1) is 0 Å². The number of nitrogens with zero attached hydrogens (tertiary/aromatic N) is 1. The van der Waals surface area contributed by atoms with Crippen LogP contribution >= 0.6 is 0 Å². The second kappa shape index (κ2) is 6.57. The largest absolute Gasteiger partial charge is 0.493 e. The van der Waals surface area contributed by atoms with Gasteiger partial charge in [0.15, 0.2) is 0 Å². The summed E-state index contributed by atoms with van der Waals surface area (Å²) in [6.45, 7) is 5.98. The van der Waals surface area contributed by atoms with Crippen molar-refractivity contribution in [3.05, 3.63) is 29.3 Å². The van der Waals surface area contributed by atoms with E-state index in [2.05, 4.69) is 28.4 Å². The summed E-state index contributed by atoms with van der Waals surface area (Å²) in [6.07, 6.45) is 2.29. The zero-order valence-electron chi connectivity index (χ0n) is 12.2. The van der Waals surface area contributed by atoms with E-state index in [-0.39, 0.29) is 0 Å². The molecular formula is C16H24N2O2. The van der Waals surface area contributed by atoms with Crippen LogP contribution in [0.15, 0.2) is 18.2 Å². The number of fused-ring (bicyclic) bond motifs is 1. The van der Waals surface area contributed by atoms with Crippen LogP contribution in [0.1, 0.15) is 17.5 Å². The first-order valence-corrected chi connectivity index (χ1v) is 7.54. The molecule has 2 aliphatic rings. The highest BCUT2D eigenvalue weighted by atomic mass is 16.5. The summed E-state index contributed by atoms with van der Waals surface area (Å²) >= 11 is 0. The summed E-state index contributed by atoms with van der Waals surface area (Å²) in [6, 6.07) is 7.18. The van der Waals surface area contributed by atoms with E-state index in [0.717, 1.165) is 45.0 Å². The van der Waals surface area contributed by atoms with Crippen molar-refractivity contribution in [1.29, 1.82) is 0 Å². The lowest BCUT2D eigenvalue weighted by Crippen LogP contribution is -2.33. The lowest BCUT2D eigenvalue weighted by atomic mass is 10.1. The lowest BCUT2D eigenvalue weighted by molar-refractivity contribution is 0.159. The molecule has 1 aromatic rings. The van der Waals surface area contributed by atoms with Gasteiger partial charge in [-0.2, -0.15) is 0 Å². The van der Waals surface area contributed by atoms with E-state index in [9.17, 15) is 0 Å². The van der Waals surface area contributed by atoms with Crippen LogP contribution in [0.2, 0.25) is 0 Å². The zero-order valence-corrected chi connectivity index (χ0v) is 12.2. The molecule has 4 nitrogen and oxygen atoms in total. The number of benzene rings is 1. The average molecular weight is 276 g/mol. The Morgan fingerprint density at radius 1 is 1.45 bits per heavy atom. The Morgan fingerprint density at radius 3 is 3.30 bits per heavy atom. The third kappa shape index (κ3) is 3.32. The van der Waals surface area contributed by atoms with E-state index in [1.807, 2.05) is 0 Å². The summed E-state index contributed by atoms with van der Waals surface area (Å²) in [4.78, 5) is 2.47. The number of likely N-dealkylation sites (tertiary alicyclic amines) is 1. The van der Waals surface area contributed by atoms with Crippen LogP contribution in [-0.2, 0) is 17.7 Å². The predicted octanol–water partition coefficient (Wildman–Crippen LogP) is 1.43. The van der Waals surface area contributed by atoms with Gasteiger partial charge in [0.1, 0.15) is 5.75 Å². The van der Waals surface area contributed by atoms with Crippen LogP contribution in [0.25, 0.3) is 0 Å². The second-order valence-electron chi connectivity index (χ2n) is 5.70. The number of nitrogens with one attached hydrogen (secondary N) is 1. The van der Waals surface area contributed by atoms with Crippen LogP contribution in [0, 0.1) is 0 Å². The van der Waals surface area contributed by atoms with Gasteiger partial charge in [0.05, 0.1) is 13.2 Å². The van der Waals surface area contributed by atoms with Crippen molar-refractivity contribution in [3.63, 3.8) is 0 Å². The van der Waals surface area contributed by atoms with Crippen LogP contribution in [-0.4, -0.2) is 50.9 Å². The summed E-state index contributed by atoms with van der Waals surface area (Å²) in [5, 5.41) is 3.67. The molecule has 0 saturated carbocycles. The maximum absolute atomic E-state index is 5.54. The molecule has 2 aliphatic heterocycles. The fraction of sp³-hybridized carbons (Fsp3) is 0.625. The van der Waals surface area contributed by atoms with Crippen LogP contribution in [0.5, 0.6) is 5.75 Å². The van der Waals surface area contributed by atoms with Gasteiger partial charge in [0, 0.05) is 39.2 Å². The molecule has 2 heterocycles. The van der Waals surface area contributed by atoms with E-state index >= 15 is 0 Å². The standard InChI is InChI=1S/C16H24N2O2/c1-19-9-7-18-6-4-15(12-18)17-11-13-2-3-16-14(10-13)5-8-20-16/h2-3,10,15,17H,4-9,11-12H2,1H3/t15-/m0/s1. The number of rotatable bonds is 6.